The van der Waals surface area contributed by atoms with Crippen molar-refractivity contribution in [1.29, 1.82) is 0 Å². The number of halogens is 4. The van der Waals surface area contributed by atoms with Crippen molar-refractivity contribution < 1.29 is 38.5 Å². The first-order valence-corrected chi connectivity index (χ1v) is 13.4. The fourth-order valence-electron chi connectivity index (χ4n) is 3.22. The van der Waals surface area contributed by atoms with E-state index in [-0.39, 0.29) is 24.7 Å². The number of ether oxygens (including phenoxy) is 3. The fraction of sp³-hybridized carbons (Fsp3) is 0.810. The van der Waals surface area contributed by atoms with Crippen LogP contribution in [0.3, 0.4) is 0 Å². The van der Waals surface area contributed by atoms with E-state index in [4.69, 9.17) is 49.0 Å². The lowest BCUT2D eigenvalue weighted by Gasteiger charge is -2.40. The van der Waals surface area contributed by atoms with E-state index in [0.29, 0.717) is 4.43 Å². The molecule has 0 aromatic rings. The van der Waals surface area contributed by atoms with Crippen molar-refractivity contribution in [3.63, 3.8) is 0 Å². The molecule has 202 valence electrons. The Kier molecular flexibility index (Phi) is 11.1. The lowest BCUT2D eigenvalue weighted by Crippen LogP contribution is -2.65. The van der Waals surface area contributed by atoms with Crippen molar-refractivity contribution >= 4 is 81.5 Å². The number of alkyl carbamates (subject to hydrolysis) is 1. The van der Waals surface area contributed by atoms with Gasteiger partial charge in [0.1, 0.15) is 17.7 Å². The number of carbonyl (C=O) groups excluding carboxylic acids is 3. The number of alkyl halides is 4. The maximum atomic E-state index is 13.5. The van der Waals surface area contributed by atoms with Gasteiger partial charge in [-0.05, 0) is 32.6 Å². The molecule has 0 aromatic heterocycles. The van der Waals surface area contributed by atoms with Crippen LogP contribution in [-0.2, 0) is 23.8 Å². The Hall–Kier alpha value is -0.920. The predicted octanol–water partition coefficient (Wildman–Crippen LogP) is 4.95. The fourth-order valence-corrected chi connectivity index (χ4v) is 4.30. The molecule has 0 aromatic carbocycles. The number of amides is 2. The van der Waals surface area contributed by atoms with Crippen molar-refractivity contribution in [1.82, 2.24) is 10.6 Å². The lowest BCUT2D eigenvalue weighted by molar-refractivity contribution is -0.147. The summed E-state index contributed by atoms with van der Waals surface area (Å²) in [5, 5.41) is 14.1. The number of cyclic esters (lactones) is 1. The highest BCUT2D eigenvalue weighted by Gasteiger charge is 2.56. The lowest BCUT2D eigenvalue weighted by atomic mass is 9.87. The van der Waals surface area contributed by atoms with Gasteiger partial charge in [-0.1, -0.05) is 78.2 Å². The minimum atomic E-state index is -2.44. The van der Waals surface area contributed by atoms with Gasteiger partial charge in [0.25, 0.3) is 0 Å². The first-order chi connectivity index (χ1) is 15.7. The van der Waals surface area contributed by atoms with Crippen LogP contribution in [0.15, 0.2) is 0 Å². The standard InChI is InChI=1S/C21H32Cl3IN2O8/c1-18(2,3)7-8-20(21(22,23)24,35-17(31)32)27-14(28)13(26-16(30)34-19(4,5)6)12-9-11(10-25)33-15(12)29/h11-13H,7-10H2,1-6H3,(H,26,30)(H,27,28)(H,31,32)/t11-,12+,13-,20-/m1/s1. The van der Waals surface area contributed by atoms with Crippen LogP contribution < -0.4 is 10.6 Å². The zero-order valence-corrected chi connectivity index (χ0v) is 24.8. The topological polar surface area (TPSA) is 140 Å². The zero-order valence-electron chi connectivity index (χ0n) is 20.4. The third kappa shape index (κ3) is 10.2. The second-order valence-corrected chi connectivity index (χ2v) is 13.6. The van der Waals surface area contributed by atoms with Crippen molar-refractivity contribution in [2.24, 2.45) is 11.3 Å². The summed E-state index contributed by atoms with van der Waals surface area (Å²) in [6.45, 7) is 10.5. The molecule has 0 spiro atoms. The molecule has 1 saturated heterocycles. The molecule has 1 aliphatic rings. The number of hydrogen-bond acceptors (Lipinski definition) is 7. The highest BCUT2D eigenvalue weighted by Crippen LogP contribution is 2.44. The van der Waals surface area contributed by atoms with Crippen LogP contribution in [0.2, 0.25) is 0 Å². The molecule has 1 fully saturated rings. The van der Waals surface area contributed by atoms with Gasteiger partial charge >= 0.3 is 18.2 Å². The molecule has 0 saturated carbocycles. The maximum Gasteiger partial charge on any atom is 0.508 e. The van der Waals surface area contributed by atoms with Crippen LogP contribution in [0.25, 0.3) is 0 Å². The molecule has 0 aliphatic carbocycles. The molecule has 0 radical (unpaired) electrons. The van der Waals surface area contributed by atoms with Gasteiger partial charge in [0.05, 0.1) is 5.92 Å². The minimum Gasteiger partial charge on any atom is -0.461 e. The summed E-state index contributed by atoms with van der Waals surface area (Å²) in [4.78, 5) is 50.1. The number of esters is 1. The summed E-state index contributed by atoms with van der Waals surface area (Å²) in [5.74, 6) is -2.81. The highest BCUT2D eigenvalue weighted by molar-refractivity contribution is 14.1. The molecule has 4 atom stereocenters. The van der Waals surface area contributed by atoms with Crippen molar-refractivity contribution in [2.75, 3.05) is 4.43 Å². The first-order valence-electron chi connectivity index (χ1n) is 10.8. The van der Waals surface area contributed by atoms with Crippen LogP contribution in [-0.4, -0.2) is 60.9 Å². The predicted molar refractivity (Wildman–Crippen MR) is 139 cm³/mol. The summed E-state index contributed by atoms with van der Waals surface area (Å²) in [6.07, 6.45) is -3.06. The molecule has 0 bridgehead atoms. The molecule has 3 N–H and O–H groups in total. The number of hydrogen-bond donors (Lipinski definition) is 3. The van der Waals surface area contributed by atoms with E-state index >= 15 is 0 Å². The summed E-state index contributed by atoms with van der Waals surface area (Å²) < 4.78 is 13.5. The molecular formula is C21H32Cl3IN2O8. The van der Waals surface area contributed by atoms with Gasteiger partial charge in [0, 0.05) is 17.3 Å². The zero-order chi connectivity index (χ0) is 27.4. The molecule has 35 heavy (non-hydrogen) atoms. The summed E-state index contributed by atoms with van der Waals surface area (Å²) in [5.41, 5.74) is -3.58. The van der Waals surface area contributed by atoms with Gasteiger partial charge < -0.3 is 30.0 Å². The smallest absolute Gasteiger partial charge is 0.461 e. The van der Waals surface area contributed by atoms with Gasteiger partial charge in [-0.3, -0.25) is 9.59 Å². The Morgan fingerprint density at radius 1 is 1.11 bits per heavy atom. The van der Waals surface area contributed by atoms with Gasteiger partial charge in [-0.25, -0.2) is 9.59 Å². The van der Waals surface area contributed by atoms with Crippen LogP contribution >= 0.6 is 57.4 Å². The molecule has 2 amide bonds. The number of rotatable bonds is 8. The normalized spacial score (nSPS) is 21.4. The molecule has 0 unspecified atom stereocenters. The third-order valence-corrected chi connectivity index (χ3v) is 6.80. The van der Waals surface area contributed by atoms with E-state index in [1.165, 1.54) is 0 Å². The van der Waals surface area contributed by atoms with Crippen molar-refractivity contribution in [3.05, 3.63) is 0 Å². The van der Waals surface area contributed by atoms with Gasteiger partial charge in [-0.15, -0.1) is 0 Å². The van der Waals surface area contributed by atoms with E-state index < -0.39 is 57.3 Å². The minimum absolute atomic E-state index is 0.123. The molecular weight excluding hydrogens is 642 g/mol. The van der Waals surface area contributed by atoms with E-state index in [2.05, 4.69) is 10.6 Å². The average molecular weight is 674 g/mol. The van der Waals surface area contributed by atoms with Gasteiger partial charge in [-0.2, -0.15) is 0 Å². The Morgan fingerprint density at radius 3 is 2.09 bits per heavy atom. The number of carboxylic acid groups (broad SMARTS) is 1. The van der Waals surface area contributed by atoms with E-state index in [9.17, 15) is 24.3 Å². The van der Waals surface area contributed by atoms with E-state index in [1.807, 2.05) is 43.4 Å². The summed E-state index contributed by atoms with van der Waals surface area (Å²) in [7, 11) is 0. The number of carbonyl (C=O) groups is 4. The first kappa shape index (κ1) is 32.1. The molecule has 1 aliphatic heterocycles. The largest absolute Gasteiger partial charge is 0.508 e. The molecule has 10 nitrogen and oxygen atoms in total. The van der Waals surface area contributed by atoms with Crippen molar-refractivity contribution in [2.45, 2.75) is 88.1 Å². The average Bonchev–Trinajstić information content (AvgIpc) is 3.01. The monoisotopic (exact) mass is 672 g/mol. The Bertz CT molecular complexity index is 810. The molecule has 1 rings (SSSR count). The SMILES string of the molecule is CC(C)(C)CC[C@@](NC(=O)[C@H](NC(=O)OC(C)(C)C)[C@@H]1C[C@H](CI)OC1=O)(OC(=O)O)C(Cl)(Cl)Cl. The Balaban J connectivity index is 3.40. The second kappa shape index (κ2) is 12.1. The van der Waals surface area contributed by atoms with Gasteiger partial charge in [0.15, 0.2) is 0 Å². The summed E-state index contributed by atoms with van der Waals surface area (Å²) in [6, 6.07) is -1.52. The van der Waals surface area contributed by atoms with E-state index in [1.54, 1.807) is 20.8 Å². The Morgan fingerprint density at radius 2 is 1.69 bits per heavy atom. The third-order valence-electron chi connectivity index (χ3n) is 4.90. The molecule has 14 heteroatoms. The second-order valence-electron chi connectivity index (χ2n) is 10.4. The van der Waals surface area contributed by atoms with Gasteiger partial charge in [0.2, 0.25) is 15.4 Å². The van der Waals surface area contributed by atoms with E-state index in [0.717, 1.165) is 0 Å². The highest BCUT2D eigenvalue weighted by atomic mass is 127. The number of nitrogens with one attached hydrogen (secondary N) is 2. The molecule has 1 heterocycles. The maximum absolute atomic E-state index is 13.5. The van der Waals surface area contributed by atoms with Crippen LogP contribution in [0.1, 0.15) is 60.8 Å². The van der Waals surface area contributed by atoms with Crippen LogP contribution in [0.4, 0.5) is 9.59 Å². The van der Waals surface area contributed by atoms with Crippen LogP contribution in [0, 0.1) is 11.3 Å². The Labute approximate surface area is 233 Å². The van der Waals surface area contributed by atoms with Crippen LogP contribution in [0.5, 0.6) is 0 Å². The van der Waals surface area contributed by atoms with Crippen molar-refractivity contribution in [3.8, 4) is 0 Å². The quantitative estimate of drug-likeness (QED) is 0.108. The summed E-state index contributed by atoms with van der Waals surface area (Å²) >= 11 is 20.4.